The van der Waals surface area contributed by atoms with Crippen LogP contribution < -0.4 is 15.0 Å². The van der Waals surface area contributed by atoms with E-state index in [-0.39, 0.29) is 43.2 Å². The first-order chi connectivity index (χ1) is 12.0. The zero-order valence-electron chi connectivity index (χ0n) is 14.2. The minimum absolute atomic E-state index is 0.00166. The second-order valence-corrected chi connectivity index (χ2v) is 6.29. The lowest BCUT2D eigenvalue weighted by molar-refractivity contribution is -0.122. The van der Waals surface area contributed by atoms with Gasteiger partial charge in [0.15, 0.2) is 12.4 Å². The summed E-state index contributed by atoms with van der Waals surface area (Å²) < 4.78 is 10.8. The molecule has 2 amide bonds. The van der Waals surface area contributed by atoms with Gasteiger partial charge in [0.05, 0.1) is 11.8 Å². The first-order valence-corrected chi connectivity index (χ1v) is 8.49. The lowest BCUT2D eigenvalue weighted by Crippen LogP contribution is -2.35. The highest BCUT2D eigenvalue weighted by Gasteiger charge is 2.23. The first-order valence-electron chi connectivity index (χ1n) is 8.49. The van der Waals surface area contributed by atoms with Crippen molar-refractivity contribution >= 4 is 23.3 Å². The molecular formula is C18H22N2O5. The summed E-state index contributed by atoms with van der Waals surface area (Å²) in [6.45, 7) is 1.25. The Kier molecular flexibility index (Phi) is 5.33. The molecule has 2 heterocycles. The Bertz CT molecular complexity index is 682. The van der Waals surface area contributed by atoms with Crippen molar-refractivity contribution in [1.82, 2.24) is 5.32 Å². The second-order valence-electron chi connectivity index (χ2n) is 6.29. The molecule has 7 heteroatoms. The van der Waals surface area contributed by atoms with Crippen LogP contribution in [-0.2, 0) is 14.3 Å². The van der Waals surface area contributed by atoms with Crippen LogP contribution >= 0.6 is 0 Å². The molecule has 134 valence electrons. The van der Waals surface area contributed by atoms with E-state index in [1.165, 1.54) is 4.90 Å². The van der Waals surface area contributed by atoms with Crippen LogP contribution in [0.2, 0.25) is 0 Å². The highest BCUT2D eigenvalue weighted by atomic mass is 16.5. The van der Waals surface area contributed by atoms with Gasteiger partial charge >= 0.3 is 0 Å². The molecule has 1 saturated heterocycles. The molecule has 2 aliphatic heterocycles. The highest BCUT2D eigenvalue weighted by Crippen LogP contribution is 2.32. The van der Waals surface area contributed by atoms with Crippen molar-refractivity contribution in [1.29, 1.82) is 0 Å². The minimum atomic E-state index is -0.161. The van der Waals surface area contributed by atoms with Crippen LogP contribution in [0, 0.1) is 0 Å². The van der Waals surface area contributed by atoms with Crippen LogP contribution in [0.4, 0.5) is 5.69 Å². The van der Waals surface area contributed by atoms with E-state index in [0.29, 0.717) is 23.5 Å². The topological polar surface area (TPSA) is 84.9 Å². The molecule has 1 fully saturated rings. The Morgan fingerprint density at radius 3 is 2.92 bits per heavy atom. The Labute approximate surface area is 146 Å². The molecule has 1 N–H and O–H groups in total. The number of Topliss-reactive ketones (excluding diaryl/α,β-unsaturated/α-hetero) is 1. The third-order valence-electron chi connectivity index (χ3n) is 4.50. The smallest absolute Gasteiger partial charge is 0.264 e. The molecule has 0 aliphatic carbocycles. The van der Waals surface area contributed by atoms with Gasteiger partial charge < -0.3 is 19.7 Å². The van der Waals surface area contributed by atoms with Crippen molar-refractivity contribution in [3.8, 4) is 5.75 Å². The third-order valence-corrected chi connectivity index (χ3v) is 4.50. The van der Waals surface area contributed by atoms with E-state index in [4.69, 9.17) is 9.47 Å². The number of ether oxygens (including phenoxy) is 2. The number of anilines is 1. The summed E-state index contributed by atoms with van der Waals surface area (Å²) in [6, 6.07) is 4.98. The summed E-state index contributed by atoms with van der Waals surface area (Å²) in [6.07, 6.45) is 2.33. The van der Waals surface area contributed by atoms with E-state index >= 15 is 0 Å². The van der Waals surface area contributed by atoms with Crippen LogP contribution in [0.3, 0.4) is 0 Å². The molecule has 0 saturated carbocycles. The number of amides is 2. The molecule has 1 atom stereocenters. The standard InChI is InChI=1S/C18H22N2O5/c1-20-14-9-12(4-6-16(14)25-11-18(20)23)15(21)5-7-17(22)19-10-13-3-2-8-24-13/h4,6,9,13H,2-3,5,7-8,10-11H2,1H3,(H,19,22). The first kappa shape index (κ1) is 17.4. The van der Waals surface area contributed by atoms with E-state index in [9.17, 15) is 14.4 Å². The molecule has 0 aromatic heterocycles. The van der Waals surface area contributed by atoms with Crippen molar-refractivity contribution in [2.45, 2.75) is 31.8 Å². The average molecular weight is 346 g/mol. The summed E-state index contributed by atoms with van der Waals surface area (Å²) in [5.41, 5.74) is 1.04. The fourth-order valence-corrected chi connectivity index (χ4v) is 2.94. The maximum atomic E-state index is 12.3. The van der Waals surface area contributed by atoms with Crippen LogP contribution in [0.5, 0.6) is 5.75 Å². The van der Waals surface area contributed by atoms with Crippen molar-refractivity contribution in [3.63, 3.8) is 0 Å². The Hall–Kier alpha value is -2.41. The van der Waals surface area contributed by atoms with Crippen molar-refractivity contribution in [2.75, 3.05) is 31.7 Å². The van der Waals surface area contributed by atoms with E-state index in [1.54, 1.807) is 25.2 Å². The molecule has 1 unspecified atom stereocenters. The SMILES string of the molecule is CN1C(=O)COc2ccc(C(=O)CCC(=O)NCC3CCCO3)cc21. The molecule has 0 bridgehead atoms. The summed E-state index contributed by atoms with van der Waals surface area (Å²) >= 11 is 0. The number of nitrogens with zero attached hydrogens (tertiary/aromatic N) is 1. The summed E-state index contributed by atoms with van der Waals surface area (Å²) in [5.74, 6) is 0.123. The summed E-state index contributed by atoms with van der Waals surface area (Å²) in [5, 5.41) is 2.81. The lowest BCUT2D eigenvalue weighted by atomic mass is 10.0. The van der Waals surface area contributed by atoms with Gasteiger partial charge in [0.25, 0.3) is 5.91 Å². The van der Waals surface area contributed by atoms with Crippen molar-refractivity contribution < 1.29 is 23.9 Å². The summed E-state index contributed by atoms with van der Waals surface area (Å²) in [4.78, 5) is 37.4. The zero-order chi connectivity index (χ0) is 17.8. The number of rotatable bonds is 6. The number of likely N-dealkylation sites (N-methyl/N-ethyl adjacent to an activating group) is 1. The second kappa shape index (κ2) is 7.65. The van der Waals surface area contributed by atoms with Crippen molar-refractivity contribution in [2.24, 2.45) is 0 Å². The third kappa shape index (κ3) is 4.17. The molecule has 25 heavy (non-hydrogen) atoms. The van der Waals surface area contributed by atoms with Gasteiger partial charge in [-0.3, -0.25) is 14.4 Å². The Morgan fingerprint density at radius 1 is 1.32 bits per heavy atom. The molecule has 2 aliphatic rings. The van der Waals surface area contributed by atoms with Crippen LogP contribution in [0.25, 0.3) is 0 Å². The molecule has 7 nitrogen and oxygen atoms in total. The minimum Gasteiger partial charge on any atom is -0.482 e. The monoisotopic (exact) mass is 346 g/mol. The van der Waals surface area contributed by atoms with Gasteiger partial charge in [-0.05, 0) is 31.0 Å². The molecule has 3 rings (SSSR count). The maximum absolute atomic E-state index is 12.3. The number of ketones is 1. The van der Waals surface area contributed by atoms with Gasteiger partial charge in [0.1, 0.15) is 5.75 Å². The molecule has 0 radical (unpaired) electrons. The quantitative estimate of drug-likeness (QED) is 0.785. The average Bonchev–Trinajstić information content (AvgIpc) is 3.14. The van der Waals surface area contributed by atoms with Gasteiger partial charge in [0, 0.05) is 38.6 Å². The molecule has 0 spiro atoms. The van der Waals surface area contributed by atoms with Crippen LogP contribution in [0.1, 0.15) is 36.0 Å². The number of hydrogen-bond acceptors (Lipinski definition) is 5. The van der Waals surface area contributed by atoms with E-state index in [1.807, 2.05) is 0 Å². The number of carbonyl (C=O) groups is 3. The van der Waals surface area contributed by atoms with Crippen LogP contribution in [0.15, 0.2) is 18.2 Å². The maximum Gasteiger partial charge on any atom is 0.264 e. The number of nitrogens with one attached hydrogen (secondary N) is 1. The predicted molar refractivity (Wildman–Crippen MR) is 90.9 cm³/mol. The van der Waals surface area contributed by atoms with Crippen LogP contribution in [-0.4, -0.2) is 50.5 Å². The fourth-order valence-electron chi connectivity index (χ4n) is 2.94. The highest BCUT2D eigenvalue weighted by molar-refractivity contribution is 6.02. The Balaban J connectivity index is 1.53. The molecule has 1 aromatic rings. The van der Waals surface area contributed by atoms with E-state index < -0.39 is 0 Å². The number of fused-ring (bicyclic) bond motifs is 1. The van der Waals surface area contributed by atoms with Gasteiger partial charge in [-0.1, -0.05) is 0 Å². The van der Waals surface area contributed by atoms with E-state index in [0.717, 1.165) is 19.4 Å². The normalized spacial score (nSPS) is 19.3. The Morgan fingerprint density at radius 2 is 2.16 bits per heavy atom. The van der Waals surface area contributed by atoms with Gasteiger partial charge in [-0.2, -0.15) is 0 Å². The van der Waals surface area contributed by atoms with Gasteiger partial charge in [-0.15, -0.1) is 0 Å². The number of carbonyl (C=O) groups excluding carboxylic acids is 3. The number of hydrogen-bond donors (Lipinski definition) is 1. The molecular weight excluding hydrogens is 324 g/mol. The summed E-state index contributed by atoms with van der Waals surface area (Å²) in [7, 11) is 1.65. The zero-order valence-corrected chi connectivity index (χ0v) is 14.2. The van der Waals surface area contributed by atoms with Crippen molar-refractivity contribution in [3.05, 3.63) is 23.8 Å². The molecule has 1 aromatic carbocycles. The number of benzene rings is 1. The van der Waals surface area contributed by atoms with E-state index in [2.05, 4.69) is 5.32 Å². The predicted octanol–water partition coefficient (Wildman–Crippen LogP) is 1.30. The van der Waals surface area contributed by atoms with Gasteiger partial charge in [-0.25, -0.2) is 0 Å². The fraction of sp³-hybridized carbons (Fsp3) is 0.500. The largest absolute Gasteiger partial charge is 0.482 e. The lowest BCUT2D eigenvalue weighted by Gasteiger charge is -2.26. The van der Waals surface area contributed by atoms with Gasteiger partial charge in [0.2, 0.25) is 5.91 Å².